The van der Waals surface area contributed by atoms with Crippen molar-refractivity contribution in [2.75, 3.05) is 13.2 Å². The van der Waals surface area contributed by atoms with Crippen molar-refractivity contribution in [3.05, 3.63) is 109 Å². The van der Waals surface area contributed by atoms with Crippen molar-refractivity contribution in [3.8, 4) is 0 Å². The van der Waals surface area contributed by atoms with E-state index in [2.05, 4.69) is 96.5 Å². The standard InChI is InChI=1S/C43H67O9P/c1-3-4-5-6-7-8-9-10-11-12-15-19-22-25-28-31-34-37-43(46)52-41(39-51-53(47,48)49)38-50-42(45)36-33-30-27-24-21-18-16-13-14-17-20-23-26-29-32-35-40(2)44/h4-5,7-8,10-11,14-19,23-28,40-41,44H,3,6,9,12-13,20-22,29-39H2,1-2H3,(H2,47,48,49)/b5-4-,8-7-,11-10-,17-14-,18-16-,19-15-,26-23-,27-24-,28-25-/t40-,41-/m1/s1. The van der Waals surface area contributed by atoms with Gasteiger partial charge in [0.05, 0.1) is 12.7 Å². The quantitative estimate of drug-likeness (QED) is 0.0258. The highest BCUT2D eigenvalue weighted by atomic mass is 31.2. The van der Waals surface area contributed by atoms with E-state index in [-0.39, 0.29) is 25.6 Å². The summed E-state index contributed by atoms with van der Waals surface area (Å²) in [6.07, 6.45) is 49.5. The first-order chi connectivity index (χ1) is 25.6. The van der Waals surface area contributed by atoms with Crippen LogP contribution in [-0.4, -0.2) is 52.3 Å². The lowest BCUT2D eigenvalue weighted by molar-refractivity contribution is -0.161. The molecule has 0 aliphatic carbocycles. The van der Waals surface area contributed by atoms with E-state index in [0.29, 0.717) is 25.7 Å². The molecule has 298 valence electrons. The highest BCUT2D eigenvalue weighted by Crippen LogP contribution is 2.35. The minimum absolute atomic E-state index is 0.108. The fourth-order valence-corrected chi connectivity index (χ4v) is 4.84. The molecule has 0 aromatic heterocycles. The van der Waals surface area contributed by atoms with E-state index in [1.54, 1.807) is 0 Å². The molecule has 9 nitrogen and oxygen atoms in total. The summed E-state index contributed by atoms with van der Waals surface area (Å²) in [5, 5.41) is 9.24. The van der Waals surface area contributed by atoms with Gasteiger partial charge in [0.1, 0.15) is 6.61 Å². The van der Waals surface area contributed by atoms with Crippen molar-refractivity contribution < 1.29 is 43.0 Å². The zero-order valence-electron chi connectivity index (χ0n) is 32.2. The van der Waals surface area contributed by atoms with Gasteiger partial charge in [0.25, 0.3) is 0 Å². The molecule has 2 atom stereocenters. The van der Waals surface area contributed by atoms with Crippen LogP contribution in [0.2, 0.25) is 0 Å². The number of unbranched alkanes of at least 4 members (excludes halogenated alkanes) is 3. The Kier molecular flexibility index (Phi) is 34.7. The number of carbonyl (C=O) groups excluding carboxylic acids is 2. The molecule has 3 N–H and O–H groups in total. The van der Waals surface area contributed by atoms with Crippen molar-refractivity contribution in [1.29, 1.82) is 0 Å². The van der Waals surface area contributed by atoms with Gasteiger partial charge in [0.2, 0.25) is 0 Å². The van der Waals surface area contributed by atoms with Crippen LogP contribution in [0.4, 0.5) is 0 Å². The van der Waals surface area contributed by atoms with Gasteiger partial charge in [-0.3, -0.25) is 14.1 Å². The molecule has 0 aliphatic rings. The number of hydrogen-bond donors (Lipinski definition) is 3. The van der Waals surface area contributed by atoms with E-state index in [9.17, 15) is 19.3 Å². The second kappa shape index (κ2) is 37.0. The van der Waals surface area contributed by atoms with Crippen molar-refractivity contribution >= 4 is 19.8 Å². The molecule has 0 saturated carbocycles. The summed E-state index contributed by atoms with van der Waals surface area (Å²) in [5.41, 5.74) is 0. The molecule has 0 unspecified atom stereocenters. The number of ether oxygens (including phenoxy) is 2. The predicted molar refractivity (Wildman–Crippen MR) is 217 cm³/mol. The molecule has 0 saturated heterocycles. The Morgan fingerprint density at radius 2 is 0.943 bits per heavy atom. The van der Waals surface area contributed by atoms with Gasteiger partial charge >= 0.3 is 19.8 Å². The highest BCUT2D eigenvalue weighted by Gasteiger charge is 2.22. The van der Waals surface area contributed by atoms with Gasteiger partial charge in [-0.1, -0.05) is 116 Å². The fourth-order valence-electron chi connectivity index (χ4n) is 4.48. The minimum atomic E-state index is -4.79. The molecule has 53 heavy (non-hydrogen) atoms. The molecule has 0 aromatic carbocycles. The molecule has 0 rings (SSSR count). The van der Waals surface area contributed by atoms with Gasteiger partial charge < -0.3 is 24.4 Å². The number of aliphatic hydroxyl groups is 1. The molecule has 0 fully saturated rings. The highest BCUT2D eigenvalue weighted by molar-refractivity contribution is 7.46. The van der Waals surface area contributed by atoms with Gasteiger partial charge in [-0.15, -0.1) is 0 Å². The van der Waals surface area contributed by atoms with E-state index in [1.165, 1.54) is 0 Å². The van der Waals surface area contributed by atoms with Crippen molar-refractivity contribution in [1.82, 2.24) is 0 Å². The molecule has 0 bridgehead atoms. The SMILES string of the molecule is CC/C=C\C/C=C\C/C=C\C/C=C\C/C=C\CCCC(=O)O[C@H](COC(=O)CCC/C=C\C/C=C\C/C=C\C/C=C\CCC[C@@H](C)O)COP(=O)(O)O. The Balaban J connectivity index is 4.19. The molecule has 0 amide bonds. The number of phosphoric ester groups is 1. The third-order valence-electron chi connectivity index (χ3n) is 7.29. The lowest BCUT2D eigenvalue weighted by atomic mass is 10.1. The Morgan fingerprint density at radius 3 is 1.34 bits per heavy atom. The Hall–Kier alpha value is -3.33. The lowest BCUT2D eigenvalue weighted by Gasteiger charge is -2.18. The summed E-state index contributed by atoms with van der Waals surface area (Å²) in [6.45, 7) is 3.00. The number of allylic oxidation sites excluding steroid dienone is 18. The number of rotatable bonds is 33. The molecule has 0 heterocycles. The number of esters is 2. The zero-order valence-corrected chi connectivity index (χ0v) is 33.1. The monoisotopic (exact) mass is 758 g/mol. The molecule has 10 heteroatoms. The van der Waals surface area contributed by atoms with E-state index in [4.69, 9.17) is 19.3 Å². The normalized spacial score (nSPS) is 14.3. The molecule has 0 aliphatic heterocycles. The maximum atomic E-state index is 12.4. The number of hydrogen-bond acceptors (Lipinski definition) is 7. The van der Waals surface area contributed by atoms with E-state index >= 15 is 0 Å². The van der Waals surface area contributed by atoms with Crippen molar-refractivity contribution in [3.63, 3.8) is 0 Å². The Bertz CT molecular complexity index is 1230. The van der Waals surface area contributed by atoms with Gasteiger partial charge in [0, 0.05) is 12.8 Å². The van der Waals surface area contributed by atoms with E-state index in [0.717, 1.165) is 70.6 Å². The molecular weight excluding hydrogens is 691 g/mol. The number of carbonyl (C=O) groups is 2. The maximum absolute atomic E-state index is 12.4. The number of phosphoric acid groups is 1. The van der Waals surface area contributed by atoms with Crippen LogP contribution in [-0.2, 0) is 28.2 Å². The second-order valence-corrected chi connectivity index (χ2v) is 13.7. The second-order valence-electron chi connectivity index (χ2n) is 12.4. The summed E-state index contributed by atoms with van der Waals surface area (Å²) in [6, 6.07) is 0. The minimum Gasteiger partial charge on any atom is -0.462 e. The third-order valence-corrected chi connectivity index (χ3v) is 7.78. The van der Waals surface area contributed by atoms with Crippen LogP contribution in [0, 0.1) is 0 Å². The van der Waals surface area contributed by atoms with E-state index in [1.807, 2.05) is 31.2 Å². The molecular formula is C43H67O9P. The summed E-state index contributed by atoms with van der Waals surface area (Å²) in [4.78, 5) is 42.7. The summed E-state index contributed by atoms with van der Waals surface area (Å²) in [5.74, 6) is -1.05. The van der Waals surface area contributed by atoms with Crippen molar-refractivity contribution in [2.45, 2.75) is 135 Å². The van der Waals surface area contributed by atoms with Gasteiger partial charge in [0.15, 0.2) is 6.10 Å². The Morgan fingerprint density at radius 1 is 0.566 bits per heavy atom. The summed E-state index contributed by atoms with van der Waals surface area (Å²) < 4.78 is 26.2. The van der Waals surface area contributed by atoms with E-state index < -0.39 is 32.5 Å². The van der Waals surface area contributed by atoms with Crippen LogP contribution in [0.5, 0.6) is 0 Å². The van der Waals surface area contributed by atoms with Crippen LogP contribution in [0.15, 0.2) is 109 Å². The van der Waals surface area contributed by atoms with Crippen LogP contribution < -0.4 is 0 Å². The maximum Gasteiger partial charge on any atom is 0.469 e. The first-order valence-electron chi connectivity index (χ1n) is 19.2. The van der Waals surface area contributed by atoms with Gasteiger partial charge in [-0.2, -0.15) is 0 Å². The summed E-state index contributed by atoms with van der Waals surface area (Å²) in [7, 11) is -4.79. The van der Waals surface area contributed by atoms with Crippen molar-refractivity contribution in [2.24, 2.45) is 0 Å². The lowest BCUT2D eigenvalue weighted by Crippen LogP contribution is -2.29. The van der Waals surface area contributed by atoms with Crippen LogP contribution in [0.3, 0.4) is 0 Å². The van der Waals surface area contributed by atoms with Crippen LogP contribution in [0.25, 0.3) is 0 Å². The average molecular weight is 759 g/mol. The fraction of sp³-hybridized carbons (Fsp3) is 0.535. The average Bonchev–Trinajstić information content (AvgIpc) is 3.11. The smallest absolute Gasteiger partial charge is 0.462 e. The first kappa shape index (κ1) is 49.7. The molecule has 0 radical (unpaired) electrons. The topological polar surface area (TPSA) is 140 Å². The zero-order chi connectivity index (χ0) is 39.1. The molecule has 0 aromatic rings. The van der Waals surface area contributed by atoms with Crippen LogP contribution in [0.1, 0.15) is 123 Å². The third kappa shape index (κ3) is 41.3. The van der Waals surface area contributed by atoms with Crippen LogP contribution >= 0.6 is 7.82 Å². The van der Waals surface area contributed by atoms with Gasteiger partial charge in [-0.25, -0.2) is 4.57 Å². The number of aliphatic hydroxyl groups excluding tert-OH is 1. The predicted octanol–water partition coefficient (Wildman–Crippen LogP) is 10.6. The first-order valence-corrected chi connectivity index (χ1v) is 20.7. The Labute approximate surface area is 319 Å². The largest absolute Gasteiger partial charge is 0.469 e. The molecule has 0 spiro atoms. The summed E-state index contributed by atoms with van der Waals surface area (Å²) >= 11 is 0. The van der Waals surface area contributed by atoms with Gasteiger partial charge in [-0.05, 0) is 103 Å².